The highest BCUT2D eigenvalue weighted by atomic mass is 32.1. The van der Waals surface area contributed by atoms with Crippen LogP contribution < -0.4 is 5.43 Å². The van der Waals surface area contributed by atoms with E-state index in [0.29, 0.717) is 0 Å². The number of anilines is 1. The summed E-state index contributed by atoms with van der Waals surface area (Å²) >= 11 is 1.57. The molecule has 25 heavy (non-hydrogen) atoms. The monoisotopic (exact) mass is 358 g/mol. The van der Waals surface area contributed by atoms with Gasteiger partial charge in [-0.05, 0) is 44.0 Å². The first-order valence-corrected chi connectivity index (χ1v) is 10.1. The summed E-state index contributed by atoms with van der Waals surface area (Å²) in [5.41, 5.74) is 6.54. The molecular formula is C20H30N4S. The van der Waals surface area contributed by atoms with E-state index in [1.165, 1.54) is 49.9 Å². The van der Waals surface area contributed by atoms with E-state index in [0.717, 1.165) is 17.4 Å². The first-order chi connectivity index (χ1) is 12.2. The number of nitrogens with zero attached hydrogens (tertiary/aromatic N) is 3. The van der Waals surface area contributed by atoms with Crippen molar-refractivity contribution < 1.29 is 0 Å². The van der Waals surface area contributed by atoms with Crippen molar-refractivity contribution in [3.05, 3.63) is 46.5 Å². The Morgan fingerprint density at radius 3 is 2.52 bits per heavy atom. The molecule has 0 aliphatic heterocycles. The van der Waals surface area contributed by atoms with Crippen LogP contribution in [0.4, 0.5) is 5.13 Å². The maximum atomic E-state index is 4.37. The van der Waals surface area contributed by atoms with Gasteiger partial charge in [0.2, 0.25) is 5.13 Å². The Balaban J connectivity index is 2.01. The van der Waals surface area contributed by atoms with Crippen molar-refractivity contribution in [2.24, 2.45) is 5.10 Å². The van der Waals surface area contributed by atoms with Crippen molar-refractivity contribution in [2.75, 3.05) is 18.5 Å². The van der Waals surface area contributed by atoms with Gasteiger partial charge >= 0.3 is 0 Å². The van der Waals surface area contributed by atoms with Crippen molar-refractivity contribution in [1.82, 2.24) is 9.88 Å². The summed E-state index contributed by atoms with van der Waals surface area (Å²) in [6.45, 7) is 9.81. The van der Waals surface area contributed by atoms with Crippen LogP contribution >= 0.6 is 11.3 Å². The molecule has 2 rings (SSSR count). The second-order valence-corrected chi connectivity index (χ2v) is 7.20. The van der Waals surface area contributed by atoms with E-state index in [9.17, 15) is 0 Å². The molecule has 0 spiro atoms. The largest absolute Gasteiger partial charge is 0.299 e. The molecule has 0 radical (unpaired) electrons. The molecule has 1 aromatic carbocycles. The van der Waals surface area contributed by atoms with Gasteiger partial charge in [-0.15, -0.1) is 11.3 Å². The third-order valence-corrected chi connectivity index (χ3v) is 4.95. The molecule has 1 N–H and O–H groups in total. The Morgan fingerprint density at radius 1 is 1.16 bits per heavy atom. The summed E-state index contributed by atoms with van der Waals surface area (Å²) in [6, 6.07) is 8.52. The van der Waals surface area contributed by atoms with E-state index >= 15 is 0 Å². The Hall–Kier alpha value is -1.72. The number of unbranched alkanes of at least 4 members (excludes halogenated alkanes) is 2. The van der Waals surface area contributed by atoms with Gasteiger partial charge in [0.15, 0.2) is 0 Å². The minimum absolute atomic E-state index is 0.832. The summed E-state index contributed by atoms with van der Waals surface area (Å²) < 4.78 is 0. The van der Waals surface area contributed by atoms with E-state index < -0.39 is 0 Å². The minimum Gasteiger partial charge on any atom is -0.299 e. The van der Waals surface area contributed by atoms with E-state index in [1.807, 2.05) is 18.5 Å². The zero-order valence-electron chi connectivity index (χ0n) is 15.7. The molecule has 0 aliphatic rings. The van der Waals surface area contributed by atoms with Gasteiger partial charge < -0.3 is 0 Å². The van der Waals surface area contributed by atoms with E-state index in [2.05, 4.69) is 58.5 Å². The molecule has 0 fully saturated rings. The predicted molar refractivity (Wildman–Crippen MR) is 110 cm³/mol. The lowest BCUT2D eigenvalue weighted by Crippen LogP contribution is -2.26. The van der Waals surface area contributed by atoms with Crippen molar-refractivity contribution in [3.63, 3.8) is 0 Å². The molecule has 0 atom stereocenters. The molecule has 0 unspecified atom stereocenters. The fourth-order valence-corrected chi connectivity index (χ4v) is 3.28. The zero-order valence-corrected chi connectivity index (χ0v) is 16.5. The van der Waals surface area contributed by atoms with Gasteiger partial charge in [0.25, 0.3) is 0 Å². The zero-order chi connectivity index (χ0) is 17.9. The van der Waals surface area contributed by atoms with Crippen LogP contribution in [0.3, 0.4) is 0 Å². The highest BCUT2D eigenvalue weighted by Crippen LogP contribution is 2.15. The van der Waals surface area contributed by atoms with Crippen molar-refractivity contribution in [1.29, 1.82) is 0 Å². The molecule has 0 aliphatic carbocycles. The standard InChI is InChI=1S/C20H30N4S/c1-4-6-12-24(13-7-5-2)15-19-11-9-8-10-18(19)14-21-23-20-22-17(3)16-25-20/h8-11,14,16H,4-7,12-13,15H2,1-3H3,(H,22,23). The predicted octanol–water partition coefficient (Wildman–Crippen LogP) is 5.30. The summed E-state index contributed by atoms with van der Waals surface area (Å²) in [4.78, 5) is 6.93. The van der Waals surface area contributed by atoms with E-state index in [4.69, 9.17) is 0 Å². The third-order valence-electron chi connectivity index (χ3n) is 4.09. The second kappa shape index (κ2) is 11.0. The summed E-state index contributed by atoms with van der Waals surface area (Å²) in [6.07, 6.45) is 6.89. The van der Waals surface area contributed by atoms with Crippen molar-refractivity contribution in [2.45, 2.75) is 53.0 Å². The van der Waals surface area contributed by atoms with Crippen LogP contribution in [-0.2, 0) is 6.54 Å². The molecule has 136 valence electrons. The number of hydrogen-bond acceptors (Lipinski definition) is 5. The molecule has 0 bridgehead atoms. The highest BCUT2D eigenvalue weighted by molar-refractivity contribution is 7.13. The van der Waals surface area contributed by atoms with Gasteiger partial charge in [-0.25, -0.2) is 4.98 Å². The highest BCUT2D eigenvalue weighted by Gasteiger charge is 2.08. The number of hydrazone groups is 1. The van der Waals surface area contributed by atoms with Crippen LogP contribution in [-0.4, -0.2) is 29.2 Å². The lowest BCUT2D eigenvalue weighted by molar-refractivity contribution is 0.257. The SMILES string of the molecule is CCCCN(CCCC)Cc1ccccc1C=NNc1nc(C)cs1. The van der Waals surface area contributed by atoms with Gasteiger partial charge in [0, 0.05) is 11.9 Å². The van der Waals surface area contributed by atoms with Crippen LogP contribution in [0.25, 0.3) is 0 Å². The van der Waals surface area contributed by atoms with E-state index in [-0.39, 0.29) is 0 Å². The smallest absolute Gasteiger partial charge is 0.203 e. The number of nitrogens with one attached hydrogen (secondary N) is 1. The maximum absolute atomic E-state index is 4.37. The number of aromatic nitrogens is 1. The molecule has 1 aromatic heterocycles. The molecule has 0 amide bonds. The first-order valence-electron chi connectivity index (χ1n) is 9.24. The Labute approximate surface area is 156 Å². The number of hydrogen-bond donors (Lipinski definition) is 1. The van der Waals surface area contributed by atoms with Crippen molar-refractivity contribution in [3.8, 4) is 0 Å². The number of aryl methyl sites for hydroxylation is 1. The quantitative estimate of drug-likeness (QED) is 0.438. The minimum atomic E-state index is 0.832. The molecule has 2 aromatic rings. The number of benzene rings is 1. The molecule has 0 saturated carbocycles. The number of thiazole rings is 1. The molecular weight excluding hydrogens is 328 g/mol. The molecule has 4 nitrogen and oxygen atoms in total. The van der Waals surface area contributed by atoms with Gasteiger partial charge in [-0.3, -0.25) is 10.3 Å². The Kier molecular flexibility index (Phi) is 8.63. The molecule has 1 heterocycles. The van der Waals surface area contributed by atoms with E-state index in [1.54, 1.807) is 11.3 Å². The maximum Gasteiger partial charge on any atom is 0.203 e. The fraction of sp³-hybridized carbons (Fsp3) is 0.500. The van der Waals surface area contributed by atoms with Crippen molar-refractivity contribution >= 4 is 22.7 Å². The lowest BCUT2D eigenvalue weighted by Gasteiger charge is -2.22. The molecule has 0 saturated heterocycles. The normalized spacial score (nSPS) is 11.5. The second-order valence-electron chi connectivity index (χ2n) is 6.35. The van der Waals surface area contributed by atoms with Gasteiger partial charge in [-0.1, -0.05) is 51.0 Å². The number of rotatable bonds is 11. The summed E-state index contributed by atoms with van der Waals surface area (Å²) in [5, 5.41) is 7.22. The Morgan fingerprint density at radius 2 is 1.88 bits per heavy atom. The average Bonchev–Trinajstić information content (AvgIpc) is 3.04. The summed E-state index contributed by atoms with van der Waals surface area (Å²) in [7, 11) is 0. The lowest BCUT2D eigenvalue weighted by atomic mass is 10.1. The van der Waals surface area contributed by atoms with Crippen LogP contribution in [0.1, 0.15) is 56.4 Å². The van der Waals surface area contributed by atoms with Crippen LogP contribution in [0.5, 0.6) is 0 Å². The average molecular weight is 359 g/mol. The fourth-order valence-electron chi connectivity index (χ4n) is 2.64. The van der Waals surface area contributed by atoms with Crippen LogP contribution in [0, 0.1) is 6.92 Å². The topological polar surface area (TPSA) is 40.5 Å². The molecule has 5 heteroatoms. The van der Waals surface area contributed by atoms with Gasteiger partial charge in [-0.2, -0.15) is 5.10 Å². The van der Waals surface area contributed by atoms with Gasteiger partial charge in [0.1, 0.15) is 0 Å². The third kappa shape index (κ3) is 6.96. The summed E-state index contributed by atoms with van der Waals surface area (Å²) in [5.74, 6) is 0. The first kappa shape index (κ1) is 19.6. The van der Waals surface area contributed by atoms with Crippen LogP contribution in [0.2, 0.25) is 0 Å². The van der Waals surface area contributed by atoms with Gasteiger partial charge in [0.05, 0.1) is 11.9 Å². The Bertz CT molecular complexity index is 643. The van der Waals surface area contributed by atoms with Crippen LogP contribution in [0.15, 0.2) is 34.7 Å².